The number of carbonyl (C=O) groups is 1. The maximum absolute atomic E-state index is 11.9. The number of nitrogens with zero attached hydrogens (tertiary/aromatic N) is 1. The zero-order valence-electron chi connectivity index (χ0n) is 11.5. The molecule has 0 saturated carbocycles. The summed E-state index contributed by atoms with van der Waals surface area (Å²) in [4.78, 5) is 16.3. The number of hydrogen-bond acceptors (Lipinski definition) is 3. The van der Waals surface area contributed by atoms with E-state index in [2.05, 4.69) is 27.5 Å². The van der Waals surface area contributed by atoms with E-state index in [0.29, 0.717) is 11.3 Å². The predicted octanol–water partition coefficient (Wildman–Crippen LogP) is 4.08. The summed E-state index contributed by atoms with van der Waals surface area (Å²) in [7, 11) is 1.34. The number of halogens is 1. The van der Waals surface area contributed by atoms with Crippen molar-refractivity contribution >= 4 is 33.3 Å². The van der Waals surface area contributed by atoms with E-state index >= 15 is 0 Å². The lowest BCUT2D eigenvalue weighted by Crippen LogP contribution is -2.17. The Labute approximate surface area is 132 Å². The van der Waals surface area contributed by atoms with Crippen LogP contribution in [0.15, 0.2) is 70.6 Å². The summed E-state index contributed by atoms with van der Waals surface area (Å²) in [6, 6.07) is 16.8. The molecule has 2 rings (SSSR count). The summed E-state index contributed by atoms with van der Waals surface area (Å²) in [5.74, 6) is -0.487. The highest BCUT2D eigenvalue weighted by molar-refractivity contribution is 9.10. The van der Waals surface area contributed by atoms with E-state index in [1.807, 2.05) is 54.6 Å². The first kappa shape index (κ1) is 15.2. The Kier molecular flexibility index (Phi) is 5.06. The largest absolute Gasteiger partial charge is 0.464 e. The summed E-state index contributed by atoms with van der Waals surface area (Å²) in [5, 5.41) is 0. The van der Waals surface area contributed by atoms with Crippen molar-refractivity contribution in [3.8, 4) is 0 Å². The Hall–Kier alpha value is -2.20. The molecule has 0 aromatic heterocycles. The third-order valence-corrected chi connectivity index (χ3v) is 3.38. The van der Waals surface area contributed by atoms with Gasteiger partial charge in [-0.15, -0.1) is 0 Å². The number of rotatable bonds is 4. The number of aliphatic imine (C=N–C) groups is 1. The van der Waals surface area contributed by atoms with Crippen LogP contribution in [0.1, 0.15) is 11.1 Å². The molecule has 0 N–H and O–H groups in total. The highest BCUT2D eigenvalue weighted by Crippen LogP contribution is 2.19. The maximum Gasteiger partial charge on any atom is 0.357 e. The fourth-order valence-corrected chi connectivity index (χ4v) is 2.03. The molecule has 21 heavy (non-hydrogen) atoms. The standard InChI is InChI=1S/C17H14BrNO2/c1-12(13-8-10-15(18)11-9-13)19-16(17(20)21-2)14-6-4-3-5-7-14/h3-11H,1H2,2H3. The molecular formula is C17H14BrNO2. The van der Waals surface area contributed by atoms with E-state index in [0.717, 1.165) is 10.0 Å². The van der Waals surface area contributed by atoms with Crippen molar-refractivity contribution in [1.29, 1.82) is 0 Å². The minimum atomic E-state index is -0.487. The van der Waals surface area contributed by atoms with Gasteiger partial charge in [0.15, 0.2) is 5.71 Å². The van der Waals surface area contributed by atoms with Crippen molar-refractivity contribution in [2.45, 2.75) is 0 Å². The molecule has 0 fully saturated rings. The number of benzene rings is 2. The molecule has 0 unspecified atom stereocenters. The molecule has 106 valence electrons. The lowest BCUT2D eigenvalue weighted by molar-refractivity contribution is -0.132. The van der Waals surface area contributed by atoms with Crippen molar-refractivity contribution < 1.29 is 9.53 Å². The smallest absolute Gasteiger partial charge is 0.357 e. The first-order chi connectivity index (χ1) is 10.1. The average Bonchev–Trinajstić information content (AvgIpc) is 2.53. The molecule has 4 heteroatoms. The van der Waals surface area contributed by atoms with Gasteiger partial charge in [-0.2, -0.15) is 0 Å². The molecule has 0 spiro atoms. The summed E-state index contributed by atoms with van der Waals surface area (Å²) in [6.45, 7) is 3.93. The predicted molar refractivity (Wildman–Crippen MR) is 88.2 cm³/mol. The quantitative estimate of drug-likeness (QED) is 0.619. The van der Waals surface area contributed by atoms with Gasteiger partial charge >= 0.3 is 5.97 Å². The fourth-order valence-electron chi connectivity index (χ4n) is 1.76. The normalized spacial score (nSPS) is 11.0. The van der Waals surface area contributed by atoms with Crippen LogP contribution in [-0.2, 0) is 9.53 Å². The molecule has 2 aromatic carbocycles. The van der Waals surface area contributed by atoms with E-state index in [9.17, 15) is 4.79 Å². The van der Waals surface area contributed by atoms with Gasteiger partial charge < -0.3 is 4.74 Å². The van der Waals surface area contributed by atoms with Crippen LogP contribution in [0.5, 0.6) is 0 Å². The summed E-state index contributed by atoms with van der Waals surface area (Å²) in [6.07, 6.45) is 0. The zero-order chi connectivity index (χ0) is 15.2. The Balaban J connectivity index is 2.39. The van der Waals surface area contributed by atoms with Gasteiger partial charge in [-0.1, -0.05) is 65.0 Å². The Morgan fingerprint density at radius 2 is 1.67 bits per heavy atom. The third-order valence-electron chi connectivity index (χ3n) is 2.85. The van der Waals surface area contributed by atoms with Gasteiger partial charge in [-0.25, -0.2) is 9.79 Å². The van der Waals surface area contributed by atoms with Crippen molar-refractivity contribution in [3.63, 3.8) is 0 Å². The molecule has 0 heterocycles. The number of methoxy groups -OCH3 is 1. The van der Waals surface area contributed by atoms with Crippen molar-refractivity contribution in [1.82, 2.24) is 0 Å². The lowest BCUT2D eigenvalue weighted by Gasteiger charge is -2.07. The Morgan fingerprint density at radius 1 is 1.05 bits per heavy atom. The van der Waals surface area contributed by atoms with Gasteiger partial charge in [-0.05, 0) is 17.7 Å². The molecular weight excluding hydrogens is 330 g/mol. The SMILES string of the molecule is C=C(N=C(C(=O)OC)c1ccccc1)c1ccc(Br)cc1. The van der Waals surface area contributed by atoms with E-state index in [4.69, 9.17) is 4.74 Å². The molecule has 0 amide bonds. The number of carbonyl (C=O) groups excluding carboxylic acids is 1. The van der Waals surface area contributed by atoms with Gasteiger partial charge in [0.1, 0.15) is 0 Å². The van der Waals surface area contributed by atoms with Crippen LogP contribution in [0.4, 0.5) is 0 Å². The Morgan fingerprint density at radius 3 is 2.24 bits per heavy atom. The zero-order valence-corrected chi connectivity index (χ0v) is 13.1. The highest BCUT2D eigenvalue weighted by Gasteiger charge is 2.15. The highest BCUT2D eigenvalue weighted by atomic mass is 79.9. The second kappa shape index (κ2) is 6.99. The van der Waals surface area contributed by atoms with Crippen molar-refractivity contribution in [3.05, 3.63) is 76.8 Å². The van der Waals surface area contributed by atoms with Crippen LogP contribution < -0.4 is 0 Å². The number of hydrogen-bond donors (Lipinski definition) is 0. The Bertz CT molecular complexity index is 676. The average molecular weight is 344 g/mol. The summed E-state index contributed by atoms with van der Waals surface area (Å²) < 4.78 is 5.78. The maximum atomic E-state index is 11.9. The molecule has 0 aliphatic carbocycles. The van der Waals surface area contributed by atoms with Crippen LogP contribution >= 0.6 is 15.9 Å². The van der Waals surface area contributed by atoms with Gasteiger partial charge in [0.2, 0.25) is 0 Å². The van der Waals surface area contributed by atoms with E-state index < -0.39 is 5.97 Å². The second-order valence-corrected chi connectivity index (χ2v) is 5.19. The van der Waals surface area contributed by atoms with Crippen LogP contribution in [0.3, 0.4) is 0 Å². The second-order valence-electron chi connectivity index (χ2n) is 4.27. The first-order valence-corrected chi connectivity index (χ1v) is 7.08. The van der Waals surface area contributed by atoms with Crippen LogP contribution in [0.2, 0.25) is 0 Å². The van der Waals surface area contributed by atoms with Crippen LogP contribution in [0, 0.1) is 0 Å². The molecule has 0 aliphatic rings. The summed E-state index contributed by atoms with van der Waals surface area (Å²) >= 11 is 3.38. The van der Waals surface area contributed by atoms with Crippen LogP contribution in [0.25, 0.3) is 5.70 Å². The molecule has 2 aromatic rings. The minimum Gasteiger partial charge on any atom is -0.464 e. The summed E-state index contributed by atoms with van der Waals surface area (Å²) in [5.41, 5.74) is 2.29. The molecule has 3 nitrogen and oxygen atoms in total. The molecule has 0 aliphatic heterocycles. The van der Waals surface area contributed by atoms with Gasteiger partial charge in [0.05, 0.1) is 12.8 Å². The van der Waals surface area contributed by atoms with Gasteiger partial charge in [0, 0.05) is 10.0 Å². The van der Waals surface area contributed by atoms with Gasteiger partial charge in [0.25, 0.3) is 0 Å². The van der Waals surface area contributed by atoms with Gasteiger partial charge in [-0.3, -0.25) is 0 Å². The topological polar surface area (TPSA) is 38.7 Å². The lowest BCUT2D eigenvalue weighted by atomic mass is 10.1. The van der Waals surface area contributed by atoms with E-state index in [1.54, 1.807) is 0 Å². The minimum absolute atomic E-state index is 0.242. The van der Waals surface area contributed by atoms with Crippen molar-refractivity contribution in [2.24, 2.45) is 4.99 Å². The number of esters is 1. The van der Waals surface area contributed by atoms with E-state index in [-0.39, 0.29) is 5.71 Å². The third kappa shape index (κ3) is 3.89. The molecule has 0 saturated heterocycles. The van der Waals surface area contributed by atoms with Crippen LogP contribution in [-0.4, -0.2) is 18.8 Å². The molecule has 0 atom stereocenters. The van der Waals surface area contributed by atoms with Crippen molar-refractivity contribution in [2.75, 3.05) is 7.11 Å². The first-order valence-electron chi connectivity index (χ1n) is 6.29. The monoisotopic (exact) mass is 343 g/mol. The fraction of sp³-hybridized carbons (Fsp3) is 0.0588. The number of ether oxygens (including phenoxy) is 1. The molecule has 0 radical (unpaired) electrons. The van der Waals surface area contributed by atoms with E-state index in [1.165, 1.54) is 7.11 Å². The molecule has 0 bridgehead atoms.